The maximum atomic E-state index is 12.1. The molecule has 0 fully saturated rings. The van der Waals surface area contributed by atoms with Crippen LogP contribution in [0.4, 0.5) is 16.2 Å². The second-order valence-electron chi connectivity index (χ2n) is 4.93. The Morgan fingerprint density at radius 3 is 2.09 bits per heavy atom. The van der Waals surface area contributed by atoms with Gasteiger partial charge in [-0.25, -0.2) is 4.79 Å². The third-order valence-corrected chi connectivity index (χ3v) is 3.27. The summed E-state index contributed by atoms with van der Waals surface area (Å²) in [5, 5.41) is 7.97. The van der Waals surface area contributed by atoms with E-state index in [9.17, 15) is 9.59 Å². The topological polar surface area (TPSA) is 70.2 Å². The average Bonchev–Trinajstić information content (AvgIpc) is 2.51. The third-order valence-electron chi connectivity index (χ3n) is 3.27. The Hall–Kier alpha value is -2.82. The fourth-order valence-corrected chi connectivity index (χ4v) is 2.02. The molecule has 3 amide bonds. The highest BCUT2D eigenvalue weighted by Crippen LogP contribution is 2.14. The molecule has 0 atom stereocenters. The molecule has 2 rings (SSSR count). The predicted molar refractivity (Wildman–Crippen MR) is 88.0 cm³/mol. The SMILES string of the molecule is CNC(=O)Nc1ccc(NC(=O)Cc2ccccc2C)cc1. The Morgan fingerprint density at radius 2 is 1.50 bits per heavy atom. The van der Waals surface area contributed by atoms with Gasteiger partial charge in [-0.1, -0.05) is 24.3 Å². The number of carbonyl (C=O) groups excluding carboxylic acids is 2. The van der Waals surface area contributed by atoms with Gasteiger partial charge in [0, 0.05) is 18.4 Å². The van der Waals surface area contributed by atoms with E-state index in [2.05, 4.69) is 16.0 Å². The van der Waals surface area contributed by atoms with Gasteiger partial charge < -0.3 is 16.0 Å². The van der Waals surface area contributed by atoms with E-state index in [4.69, 9.17) is 0 Å². The first-order chi connectivity index (χ1) is 10.6. The minimum atomic E-state index is -0.281. The second kappa shape index (κ2) is 7.26. The van der Waals surface area contributed by atoms with Crippen LogP contribution < -0.4 is 16.0 Å². The Kier molecular flexibility index (Phi) is 5.14. The lowest BCUT2D eigenvalue weighted by molar-refractivity contribution is -0.115. The molecular weight excluding hydrogens is 278 g/mol. The van der Waals surface area contributed by atoms with Crippen LogP contribution in [-0.2, 0) is 11.2 Å². The zero-order valence-corrected chi connectivity index (χ0v) is 12.6. The van der Waals surface area contributed by atoms with Crippen LogP contribution in [0.3, 0.4) is 0 Å². The number of hydrogen-bond donors (Lipinski definition) is 3. The summed E-state index contributed by atoms with van der Waals surface area (Å²) in [5.41, 5.74) is 3.47. The Morgan fingerprint density at radius 1 is 0.909 bits per heavy atom. The fourth-order valence-electron chi connectivity index (χ4n) is 2.02. The first-order valence-corrected chi connectivity index (χ1v) is 7.01. The van der Waals surface area contributed by atoms with Gasteiger partial charge in [0.25, 0.3) is 0 Å². The lowest BCUT2D eigenvalue weighted by atomic mass is 10.1. The molecular formula is C17H19N3O2. The monoisotopic (exact) mass is 297 g/mol. The number of rotatable bonds is 4. The van der Waals surface area contributed by atoms with Crippen LogP contribution >= 0.6 is 0 Å². The van der Waals surface area contributed by atoms with E-state index < -0.39 is 0 Å². The summed E-state index contributed by atoms with van der Waals surface area (Å²) in [6.07, 6.45) is 0.338. The molecule has 0 saturated carbocycles. The number of nitrogens with one attached hydrogen (secondary N) is 3. The number of benzene rings is 2. The van der Waals surface area contributed by atoms with Gasteiger partial charge in [0.05, 0.1) is 6.42 Å². The Bertz CT molecular complexity index is 666. The molecule has 0 aliphatic rings. The normalized spacial score (nSPS) is 9.91. The smallest absolute Gasteiger partial charge is 0.318 e. The van der Waals surface area contributed by atoms with Gasteiger partial charge in [-0.2, -0.15) is 0 Å². The summed E-state index contributed by atoms with van der Waals surface area (Å²) >= 11 is 0. The fraction of sp³-hybridized carbons (Fsp3) is 0.176. The van der Waals surface area contributed by atoms with E-state index >= 15 is 0 Å². The molecule has 5 nitrogen and oxygen atoms in total. The molecule has 5 heteroatoms. The molecule has 0 saturated heterocycles. The van der Waals surface area contributed by atoms with Crippen molar-refractivity contribution < 1.29 is 9.59 Å². The van der Waals surface area contributed by atoms with Gasteiger partial charge in [0.2, 0.25) is 5.91 Å². The van der Waals surface area contributed by atoms with Crippen molar-refractivity contribution in [2.75, 3.05) is 17.7 Å². The van der Waals surface area contributed by atoms with Crippen LogP contribution in [0.25, 0.3) is 0 Å². The second-order valence-corrected chi connectivity index (χ2v) is 4.93. The first kappa shape index (κ1) is 15.6. The highest BCUT2D eigenvalue weighted by molar-refractivity contribution is 5.93. The number of urea groups is 1. The first-order valence-electron chi connectivity index (χ1n) is 7.01. The van der Waals surface area contributed by atoms with Crippen LogP contribution in [-0.4, -0.2) is 19.0 Å². The van der Waals surface area contributed by atoms with Crippen molar-refractivity contribution >= 4 is 23.3 Å². The highest BCUT2D eigenvalue weighted by Gasteiger charge is 2.06. The minimum Gasteiger partial charge on any atom is -0.341 e. The summed E-state index contributed by atoms with van der Waals surface area (Å²) in [6.45, 7) is 1.99. The summed E-state index contributed by atoms with van der Waals surface area (Å²) in [6, 6.07) is 14.5. The van der Waals surface area contributed by atoms with E-state index in [1.165, 1.54) is 0 Å². The Balaban J connectivity index is 1.94. The largest absolute Gasteiger partial charge is 0.341 e. The standard InChI is InChI=1S/C17H19N3O2/c1-12-5-3-4-6-13(12)11-16(21)19-14-7-9-15(10-8-14)20-17(22)18-2/h3-10H,11H2,1-2H3,(H,19,21)(H2,18,20,22). The number of anilines is 2. The van der Waals surface area contributed by atoms with Crippen molar-refractivity contribution in [2.24, 2.45) is 0 Å². The third kappa shape index (κ3) is 4.34. The van der Waals surface area contributed by atoms with Crippen molar-refractivity contribution in [3.8, 4) is 0 Å². The van der Waals surface area contributed by atoms with Gasteiger partial charge >= 0.3 is 6.03 Å². The quantitative estimate of drug-likeness (QED) is 0.812. The number of amides is 3. The lowest BCUT2D eigenvalue weighted by Crippen LogP contribution is -2.24. The van der Waals surface area contributed by atoms with Crippen LogP contribution in [0, 0.1) is 6.92 Å². The van der Waals surface area contributed by atoms with E-state index in [0.29, 0.717) is 17.8 Å². The summed E-state index contributed by atoms with van der Waals surface area (Å²) in [4.78, 5) is 23.2. The zero-order chi connectivity index (χ0) is 15.9. The molecule has 3 N–H and O–H groups in total. The van der Waals surface area contributed by atoms with E-state index in [0.717, 1.165) is 11.1 Å². The molecule has 0 radical (unpaired) electrons. The molecule has 0 spiro atoms. The lowest BCUT2D eigenvalue weighted by Gasteiger charge is -2.09. The predicted octanol–water partition coefficient (Wildman–Crippen LogP) is 2.93. The van der Waals surface area contributed by atoms with E-state index in [-0.39, 0.29) is 11.9 Å². The van der Waals surface area contributed by atoms with Crippen LogP contribution in [0.15, 0.2) is 48.5 Å². The van der Waals surface area contributed by atoms with Gasteiger partial charge in [-0.05, 0) is 42.3 Å². The molecule has 2 aromatic carbocycles. The van der Waals surface area contributed by atoms with Gasteiger partial charge in [0.15, 0.2) is 0 Å². The highest BCUT2D eigenvalue weighted by atomic mass is 16.2. The summed E-state index contributed by atoms with van der Waals surface area (Å²) in [7, 11) is 1.55. The van der Waals surface area contributed by atoms with Crippen LogP contribution in [0.5, 0.6) is 0 Å². The summed E-state index contributed by atoms with van der Waals surface area (Å²) in [5.74, 6) is -0.0682. The molecule has 0 aliphatic heterocycles. The molecule has 114 valence electrons. The van der Waals surface area contributed by atoms with Gasteiger partial charge in [0.1, 0.15) is 0 Å². The van der Waals surface area contributed by atoms with Crippen LogP contribution in [0.2, 0.25) is 0 Å². The molecule has 0 bridgehead atoms. The van der Waals surface area contributed by atoms with Crippen molar-refractivity contribution in [3.05, 3.63) is 59.7 Å². The molecule has 0 aromatic heterocycles. The maximum Gasteiger partial charge on any atom is 0.318 e. The van der Waals surface area contributed by atoms with Gasteiger partial charge in [-0.15, -0.1) is 0 Å². The van der Waals surface area contributed by atoms with Crippen molar-refractivity contribution in [3.63, 3.8) is 0 Å². The maximum absolute atomic E-state index is 12.1. The number of hydrogen-bond acceptors (Lipinski definition) is 2. The van der Waals surface area contributed by atoms with Crippen molar-refractivity contribution in [1.82, 2.24) is 5.32 Å². The molecule has 0 aliphatic carbocycles. The zero-order valence-electron chi connectivity index (χ0n) is 12.6. The molecule has 22 heavy (non-hydrogen) atoms. The molecule has 0 unspecified atom stereocenters. The minimum absolute atomic E-state index is 0.0682. The van der Waals surface area contributed by atoms with Crippen molar-refractivity contribution in [1.29, 1.82) is 0 Å². The average molecular weight is 297 g/mol. The molecule has 0 heterocycles. The van der Waals surface area contributed by atoms with Gasteiger partial charge in [-0.3, -0.25) is 4.79 Å². The number of carbonyl (C=O) groups is 2. The van der Waals surface area contributed by atoms with E-state index in [1.54, 1.807) is 31.3 Å². The number of aryl methyl sites for hydroxylation is 1. The molecule has 2 aromatic rings. The van der Waals surface area contributed by atoms with E-state index in [1.807, 2.05) is 31.2 Å². The van der Waals surface area contributed by atoms with Crippen LogP contribution in [0.1, 0.15) is 11.1 Å². The Labute approximate surface area is 129 Å². The summed E-state index contributed by atoms with van der Waals surface area (Å²) < 4.78 is 0. The van der Waals surface area contributed by atoms with Crippen molar-refractivity contribution in [2.45, 2.75) is 13.3 Å².